The molecule has 6 aromatic rings. The third-order valence-electron chi connectivity index (χ3n) is 7.70. The smallest absolute Gasteiger partial charge is 0.0717 e. The molecule has 6 rings (SSSR count). The molecule has 4 aromatic carbocycles. The Hall–Kier alpha value is -4.30. The van der Waals surface area contributed by atoms with Crippen LogP contribution in [0.15, 0.2) is 85.1 Å². The molecular formula is C36H32N2. The average molecular weight is 493 g/mol. The van der Waals surface area contributed by atoms with Gasteiger partial charge in [0.25, 0.3) is 0 Å². The first kappa shape index (κ1) is 24.1. The lowest BCUT2D eigenvalue weighted by molar-refractivity contribution is 1.26. The van der Waals surface area contributed by atoms with Crippen LogP contribution in [0.4, 0.5) is 0 Å². The number of aryl methyl sites for hydroxylation is 5. The molecule has 0 unspecified atom stereocenters. The van der Waals surface area contributed by atoms with Gasteiger partial charge in [-0.3, -0.25) is 9.97 Å². The van der Waals surface area contributed by atoms with Crippen molar-refractivity contribution in [1.82, 2.24) is 9.97 Å². The zero-order valence-electron chi connectivity index (χ0n) is 23.0. The molecule has 0 bridgehead atoms. The Labute approximate surface area is 225 Å². The van der Waals surface area contributed by atoms with Crippen molar-refractivity contribution in [3.05, 3.63) is 119 Å². The Bertz CT molecular complexity index is 1880. The summed E-state index contributed by atoms with van der Waals surface area (Å²) in [6, 6.07) is 28.7. The molecular weight excluding hydrogens is 460 g/mol. The van der Waals surface area contributed by atoms with Gasteiger partial charge in [-0.05, 0) is 127 Å². The molecule has 0 aliphatic carbocycles. The van der Waals surface area contributed by atoms with Crippen molar-refractivity contribution in [2.45, 2.75) is 41.5 Å². The summed E-state index contributed by atoms with van der Waals surface area (Å²) in [7, 11) is 0. The van der Waals surface area contributed by atoms with Crippen molar-refractivity contribution in [1.29, 1.82) is 0 Å². The van der Waals surface area contributed by atoms with Crippen LogP contribution in [0.1, 0.15) is 33.5 Å². The zero-order valence-corrected chi connectivity index (χ0v) is 23.0. The number of hydrogen-bond donors (Lipinski definition) is 0. The third-order valence-corrected chi connectivity index (χ3v) is 7.70. The van der Waals surface area contributed by atoms with Crippen molar-refractivity contribution in [2.24, 2.45) is 0 Å². The van der Waals surface area contributed by atoms with E-state index in [1.54, 1.807) is 0 Å². The molecule has 0 aliphatic rings. The number of nitrogens with zero attached hydrogens (tertiary/aromatic N) is 2. The molecule has 2 nitrogen and oxygen atoms in total. The zero-order chi connectivity index (χ0) is 26.6. The largest absolute Gasteiger partial charge is 0.256 e. The molecule has 0 N–H and O–H groups in total. The molecule has 0 fully saturated rings. The maximum absolute atomic E-state index is 4.94. The topological polar surface area (TPSA) is 25.8 Å². The second-order valence-electron chi connectivity index (χ2n) is 10.7. The Kier molecular flexibility index (Phi) is 5.84. The summed E-state index contributed by atoms with van der Waals surface area (Å²) in [4.78, 5) is 9.58. The van der Waals surface area contributed by atoms with E-state index < -0.39 is 0 Å². The number of aromatic nitrogens is 2. The molecule has 0 aliphatic heterocycles. The summed E-state index contributed by atoms with van der Waals surface area (Å²) in [5, 5.41) is 3.74. The van der Waals surface area contributed by atoms with E-state index in [4.69, 9.17) is 4.98 Å². The summed E-state index contributed by atoms with van der Waals surface area (Å²) < 4.78 is 0. The molecule has 0 saturated carbocycles. The van der Waals surface area contributed by atoms with E-state index in [0.29, 0.717) is 0 Å². The van der Waals surface area contributed by atoms with E-state index in [-0.39, 0.29) is 0 Å². The van der Waals surface area contributed by atoms with Crippen molar-refractivity contribution in [2.75, 3.05) is 0 Å². The highest BCUT2D eigenvalue weighted by molar-refractivity contribution is 6.13. The van der Waals surface area contributed by atoms with Crippen molar-refractivity contribution < 1.29 is 0 Å². The molecule has 0 radical (unpaired) electrons. The van der Waals surface area contributed by atoms with E-state index in [9.17, 15) is 0 Å². The fraction of sp³-hybridized carbons (Fsp3) is 0.167. The lowest BCUT2D eigenvalue weighted by Gasteiger charge is -2.21. The Morgan fingerprint density at radius 2 is 1.29 bits per heavy atom. The molecule has 0 atom stereocenters. The fourth-order valence-corrected chi connectivity index (χ4v) is 6.02. The second-order valence-corrected chi connectivity index (χ2v) is 10.7. The quantitative estimate of drug-likeness (QED) is 0.230. The standard InChI is InChI=1S/C36H32N2/c1-21-10-12-29-30-13-11-25(5)38-34(30)20-32(31(29)16-21)36-24(4)18-23(3)35(26(36)6)28-9-7-8-27(19-28)33-17-22(2)14-15-37-33/h7-20H,1-6H3. The van der Waals surface area contributed by atoms with Crippen molar-refractivity contribution >= 4 is 21.7 Å². The fourth-order valence-electron chi connectivity index (χ4n) is 6.02. The first-order chi connectivity index (χ1) is 18.3. The van der Waals surface area contributed by atoms with Crippen LogP contribution in [0.2, 0.25) is 0 Å². The predicted octanol–water partition coefficient (Wildman–Crippen LogP) is 9.63. The first-order valence-corrected chi connectivity index (χ1v) is 13.3. The van der Waals surface area contributed by atoms with E-state index in [2.05, 4.69) is 119 Å². The monoisotopic (exact) mass is 492 g/mol. The predicted molar refractivity (Wildman–Crippen MR) is 162 cm³/mol. The molecule has 186 valence electrons. The lowest BCUT2D eigenvalue weighted by Crippen LogP contribution is -1.98. The molecule has 2 heteroatoms. The maximum atomic E-state index is 4.94. The molecule has 0 spiro atoms. The van der Waals surface area contributed by atoms with Gasteiger partial charge in [-0.1, -0.05) is 54.1 Å². The summed E-state index contributed by atoms with van der Waals surface area (Å²) in [5.41, 5.74) is 15.6. The average Bonchev–Trinajstić information content (AvgIpc) is 2.88. The summed E-state index contributed by atoms with van der Waals surface area (Å²) in [5.74, 6) is 0. The maximum Gasteiger partial charge on any atom is 0.0717 e. The highest BCUT2D eigenvalue weighted by Crippen LogP contribution is 2.42. The Morgan fingerprint density at radius 1 is 0.553 bits per heavy atom. The van der Waals surface area contributed by atoms with Gasteiger partial charge >= 0.3 is 0 Å². The Morgan fingerprint density at radius 3 is 2.11 bits per heavy atom. The minimum atomic E-state index is 1.01. The van der Waals surface area contributed by atoms with Crippen molar-refractivity contribution in [3.63, 3.8) is 0 Å². The number of rotatable bonds is 3. The number of fused-ring (bicyclic) bond motifs is 3. The highest BCUT2D eigenvalue weighted by atomic mass is 14.7. The molecule has 2 heterocycles. The number of benzene rings is 4. The number of pyridine rings is 2. The number of hydrogen-bond acceptors (Lipinski definition) is 2. The van der Waals surface area contributed by atoms with Gasteiger partial charge in [0.2, 0.25) is 0 Å². The summed E-state index contributed by atoms with van der Waals surface area (Å²) >= 11 is 0. The van der Waals surface area contributed by atoms with Gasteiger partial charge in [0.05, 0.1) is 11.2 Å². The summed E-state index contributed by atoms with van der Waals surface area (Å²) in [6.45, 7) is 13.1. The highest BCUT2D eigenvalue weighted by Gasteiger charge is 2.18. The van der Waals surface area contributed by atoms with Gasteiger partial charge in [-0.15, -0.1) is 0 Å². The lowest BCUT2D eigenvalue weighted by atomic mass is 9.84. The third kappa shape index (κ3) is 4.07. The molecule has 0 amide bonds. The van der Waals surface area contributed by atoms with Crippen LogP contribution in [0.5, 0.6) is 0 Å². The minimum Gasteiger partial charge on any atom is -0.256 e. The van der Waals surface area contributed by atoms with E-state index >= 15 is 0 Å². The Balaban J connectivity index is 1.63. The first-order valence-electron chi connectivity index (χ1n) is 13.3. The van der Waals surface area contributed by atoms with Crippen LogP contribution in [0, 0.1) is 41.5 Å². The van der Waals surface area contributed by atoms with Gasteiger partial charge in [0.1, 0.15) is 0 Å². The molecule has 38 heavy (non-hydrogen) atoms. The van der Waals surface area contributed by atoms with Gasteiger partial charge < -0.3 is 0 Å². The van der Waals surface area contributed by atoms with Crippen molar-refractivity contribution in [3.8, 4) is 33.5 Å². The molecule has 2 aromatic heterocycles. The van der Waals surface area contributed by atoms with Crippen LogP contribution in [0.3, 0.4) is 0 Å². The SMILES string of the molecule is Cc1ccnc(-c2cccc(-c3c(C)cc(C)c(-c4cc5nc(C)ccc5c5ccc(C)cc45)c3C)c2)c1. The van der Waals surface area contributed by atoms with Gasteiger partial charge in [-0.25, -0.2) is 0 Å². The van der Waals surface area contributed by atoms with E-state index in [1.807, 2.05) is 12.3 Å². The van der Waals surface area contributed by atoms with Gasteiger partial charge in [0.15, 0.2) is 0 Å². The normalized spacial score (nSPS) is 11.4. The van der Waals surface area contributed by atoms with Crippen LogP contribution in [-0.2, 0) is 0 Å². The van der Waals surface area contributed by atoms with Gasteiger partial charge in [0, 0.05) is 22.8 Å². The van der Waals surface area contributed by atoms with Crippen LogP contribution >= 0.6 is 0 Å². The molecule has 0 saturated heterocycles. The van der Waals surface area contributed by atoms with Gasteiger partial charge in [-0.2, -0.15) is 0 Å². The summed E-state index contributed by atoms with van der Waals surface area (Å²) in [6.07, 6.45) is 1.89. The van der Waals surface area contributed by atoms with E-state index in [1.165, 1.54) is 66.2 Å². The minimum absolute atomic E-state index is 1.01. The van der Waals surface area contributed by atoms with E-state index in [0.717, 1.165) is 22.5 Å². The van der Waals surface area contributed by atoms with Crippen LogP contribution < -0.4 is 0 Å². The van der Waals surface area contributed by atoms with Crippen LogP contribution in [-0.4, -0.2) is 9.97 Å². The van der Waals surface area contributed by atoms with Crippen LogP contribution in [0.25, 0.3) is 55.2 Å². The second kappa shape index (κ2) is 9.22.